The maximum atomic E-state index is 12.8. The molecule has 1 aromatic carbocycles. The Morgan fingerprint density at radius 3 is 2.72 bits per heavy atom. The quantitative estimate of drug-likeness (QED) is 0.703. The molecule has 4 rings (SSSR count). The number of fused-ring (bicyclic) bond motifs is 1. The molecule has 130 valence electrons. The van der Waals surface area contributed by atoms with Crippen molar-refractivity contribution >= 4 is 45.9 Å². The Kier molecular flexibility index (Phi) is 4.09. The fraction of sp³-hybridized carbons (Fsp3) is 0.294. The lowest BCUT2D eigenvalue weighted by molar-refractivity contribution is 0.0706. The van der Waals surface area contributed by atoms with E-state index in [2.05, 4.69) is 10.1 Å². The van der Waals surface area contributed by atoms with Crippen LogP contribution < -0.4 is 5.73 Å². The summed E-state index contributed by atoms with van der Waals surface area (Å²) in [6.07, 6.45) is 1.65. The van der Waals surface area contributed by atoms with Crippen molar-refractivity contribution in [3.05, 3.63) is 45.7 Å². The summed E-state index contributed by atoms with van der Waals surface area (Å²) in [5.41, 5.74) is 7.64. The number of likely N-dealkylation sites (tertiary alicyclic amines) is 1. The first-order valence-electron chi connectivity index (χ1n) is 8.01. The van der Waals surface area contributed by atoms with Crippen LogP contribution in [0.3, 0.4) is 0 Å². The molecule has 0 aliphatic carbocycles. The molecule has 3 heterocycles. The van der Waals surface area contributed by atoms with Crippen LogP contribution in [0.25, 0.3) is 10.9 Å². The number of H-pyrrole nitrogens is 1. The first kappa shape index (κ1) is 16.3. The van der Waals surface area contributed by atoms with Gasteiger partial charge in [0, 0.05) is 30.5 Å². The number of nitrogens with one attached hydrogen (secondary N) is 1. The molecule has 1 amide bonds. The van der Waals surface area contributed by atoms with E-state index in [9.17, 15) is 4.79 Å². The number of rotatable bonds is 2. The highest BCUT2D eigenvalue weighted by Crippen LogP contribution is 2.32. The Labute approximate surface area is 153 Å². The molecule has 1 aliphatic heterocycles. The van der Waals surface area contributed by atoms with Crippen LogP contribution in [0.4, 0.5) is 5.88 Å². The Bertz CT molecular complexity index is 941. The molecule has 6 nitrogen and oxygen atoms in total. The van der Waals surface area contributed by atoms with Gasteiger partial charge in [0.1, 0.15) is 5.69 Å². The lowest BCUT2D eigenvalue weighted by Crippen LogP contribution is -2.38. The molecule has 3 N–H and O–H groups in total. The fourth-order valence-corrected chi connectivity index (χ4v) is 3.68. The summed E-state index contributed by atoms with van der Waals surface area (Å²) < 4.78 is 4.93. The number of carbonyl (C=O) groups is 1. The number of hydrogen-bond acceptors (Lipinski definition) is 4. The molecule has 3 aromatic rings. The first-order valence-corrected chi connectivity index (χ1v) is 8.76. The third-order valence-electron chi connectivity index (χ3n) is 4.66. The van der Waals surface area contributed by atoms with E-state index in [1.807, 2.05) is 17.0 Å². The lowest BCUT2D eigenvalue weighted by Gasteiger charge is -2.30. The monoisotopic (exact) mass is 378 g/mol. The van der Waals surface area contributed by atoms with Gasteiger partial charge in [0.15, 0.2) is 0 Å². The average molecular weight is 379 g/mol. The summed E-state index contributed by atoms with van der Waals surface area (Å²) in [7, 11) is 0. The summed E-state index contributed by atoms with van der Waals surface area (Å²) in [6.45, 7) is 1.31. The molecule has 25 heavy (non-hydrogen) atoms. The first-order chi connectivity index (χ1) is 12.0. The number of nitrogens with zero attached hydrogens (tertiary/aromatic N) is 2. The van der Waals surface area contributed by atoms with Crippen molar-refractivity contribution in [3.63, 3.8) is 0 Å². The number of piperidine rings is 1. The van der Waals surface area contributed by atoms with Crippen LogP contribution in [0, 0.1) is 0 Å². The summed E-state index contributed by atoms with van der Waals surface area (Å²) in [5, 5.41) is 5.74. The average Bonchev–Trinajstić information content (AvgIpc) is 3.24. The second-order valence-corrected chi connectivity index (χ2v) is 7.01. The van der Waals surface area contributed by atoms with Crippen LogP contribution >= 0.6 is 23.2 Å². The Morgan fingerprint density at radius 1 is 1.28 bits per heavy atom. The van der Waals surface area contributed by atoms with Gasteiger partial charge in [0.05, 0.1) is 21.3 Å². The topological polar surface area (TPSA) is 88.1 Å². The van der Waals surface area contributed by atoms with Crippen molar-refractivity contribution in [3.8, 4) is 0 Å². The second kappa shape index (κ2) is 6.28. The van der Waals surface area contributed by atoms with Crippen molar-refractivity contribution in [2.45, 2.75) is 18.8 Å². The highest BCUT2D eigenvalue weighted by Gasteiger charge is 2.27. The van der Waals surface area contributed by atoms with Gasteiger partial charge in [-0.2, -0.15) is 0 Å². The van der Waals surface area contributed by atoms with E-state index in [1.54, 1.807) is 12.1 Å². The largest absolute Gasteiger partial charge is 0.368 e. The van der Waals surface area contributed by atoms with Gasteiger partial charge in [-0.3, -0.25) is 4.79 Å². The molecule has 1 fully saturated rings. The van der Waals surface area contributed by atoms with Gasteiger partial charge in [-0.05, 0) is 25.0 Å². The van der Waals surface area contributed by atoms with Crippen molar-refractivity contribution in [2.75, 3.05) is 18.8 Å². The standard InChI is InChI=1S/C17H16Cl2N4O2/c18-11-2-1-10-7-13(21-16(10)15(11)19)17(24)23-5-3-9(4-6-23)12-8-14(20)25-22-12/h1-2,7-9,21H,3-6,20H2. The van der Waals surface area contributed by atoms with E-state index in [0.717, 1.165) is 23.9 Å². The van der Waals surface area contributed by atoms with Crippen LogP contribution in [-0.4, -0.2) is 34.0 Å². The normalized spacial score (nSPS) is 15.8. The third-order valence-corrected chi connectivity index (χ3v) is 5.47. The van der Waals surface area contributed by atoms with Crippen LogP contribution in [0.1, 0.15) is 34.9 Å². The third kappa shape index (κ3) is 2.96. The van der Waals surface area contributed by atoms with Gasteiger partial charge in [0.2, 0.25) is 5.88 Å². The van der Waals surface area contributed by atoms with E-state index in [4.69, 9.17) is 33.5 Å². The van der Waals surface area contributed by atoms with Gasteiger partial charge >= 0.3 is 0 Å². The molecule has 0 radical (unpaired) electrons. The predicted molar refractivity (Wildman–Crippen MR) is 97.1 cm³/mol. The SMILES string of the molecule is Nc1cc(C2CCN(C(=O)c3cc4ccc(Cl)c(Cl)c4[nH]3)CC2)no1. The molecule has 0 bridgehead atoms. The van der Waals surface area contributed by atoms with E-state index >= 15 is 0 Å². The molecular formula is C17H16Cl2N4O2. The molecule has 0 atom stereocenters. The van der Waals surface area contributed by atoms with E-state index < -0.39 is 0 Å². The Hall–Kier alpha value is -2.18. The highest BCUT2D eigenvalue weighted by atomic mass is 35.5. The number of halogens is 2. The minimum atomic E-state index is -0.0403. The zero-order valence-corrected chi connectivity index (χ0v) is 14.8. The number of amides is 1. The van der Waals surface area contributed by atoms with Crippen molar-refractivity contribution in [1.82, 2.24) is 15.0 Å². The smallest absolute Gasteiger partial charge is 0.270 e. The minimum absolute atomic E-state index is 0.0403. The number of anilines is 1. The predicted octanol–water partition coefficient (Wildman–Crippen LogP) is 4.06. The van der Waals surface area contributed by atoms with Crippen LogP contribution in [0.15, 0.2) is 28.8 Å². The summed E-state index contributed by atoms with van der Waals surface area (Å²) in [6, 6.07) is 7.14. The number of aromatic amines is 1. The lowest BCUT2D eigenvalue weighted by atomic mass is 9.93. The van der Waals surface area contributed by atoms with Gasteiger partial charge in [-0.15, -0.1) is 0 Å². The Morgan fingerprint density at radius 2 is 2.04 bits per heavy atom. The molecule has 0 saturated carbocycles. The van der Waals surface area contributed by atoms with Crippen LogP contribution in [-0.2, 0) is 0 Å². The number of nitrogen functional groups attached to an aromatic ring is 1. The van der Waals surface area contributed by atoms with Gasteiger partial charge in [0.25, 0.3) is 5.91 Å². The molecular weight excluding hydrogens is 363 g/mol. The molecule has 0 spiro atoms. The Balaban J connectivity index is 1.50. The van der Waals surface area contributed by atoms with Crippen molar-refractivity contribution < 1.29 is 9.32 Å². The zero-order valence-electron chi connectivity index (χ0n) is 13.3. The number of carbonyl (C=O) groups excluding carboxylic acids is 1. The number of aromatic nitrogens is 2. The summed E-state index contributed by atoms with van der Waals surface area (Å²) >= 11 is 12.2. The molecule has 0 unspecified atom stereocenters. The van der Waals surface area contributed by atoms with Gasteiger partial charge in [-0.25, -0.2) is 0 Å². The molecule has 8 heteroatoms. The van der Waals surface area contributed by atoms with Gasteiger partial charge in [-0.1, -0.05) is 34.4 Å². The number of benzene rings is 1. The molecule has 1 saturated heterocycles. The van der Waals surface area contributed by atoms with Crippen molar-refractivity contribution in [2.24, 2.45) is 0 Å². The minimum Gasteiger partial charge on any atom is -0.368 e. The van der Waals surface area contributed by atoms with Crippen molar-refractivity contribution in [1.29, 1.82) is 0 Å². The highest BCUT2D eigenvalue weighted by molar-refractivity contribution is 6.45. The number of nitrogens with two attached hydrogens (primary N) is 1. The summed E-state index contributed by atoms with van der Waals surface area (Å²) in [4.78, 5) is 17.7. The number of hydrogen-bond donors (Lipinski definition) is 2. The van der Waals surface area contributed by atoms with E-state index in [0.29, 0.717) is 40.2 Å². The second-order valence-electron chi connectivity index (χ2n) is 6.23. The zero-order chi connectivity index (χ0) is 17.6. The van der Waals surface area contributed by atoms with E-state index in [-0.39, 0.29) is 11.8 Å². The van der Waals surface area contributed by atoms with Gasteiger partial charge < -0.3 is 20.1 Å². The molecule has 2 aromatic heterocycles. The van der Waals surface area contributed by atoms with Crippen LogP contribution in [0.2, 0.25) is 10.0 Å². The van der Waals surface area contributed by atoms with Crippen LogP contribution in [0.5, 0.6) is 0 Å². The fourth-order valence-electron chi connectivity index (χ4n) is 3.30. The maximum Gasteiger partial charge on any atom is 0.270 e. The summed E-state index contributed by atoms with van der Waals surface area (Å²) in [5.74, 6) is 0.546. The molecule has 1 aliphatic rings. The maximum absolute atomic E-state index is 12.8. The van der Waals surface area contributed by atoms with E-state index in [1.165, 1.54) is 0 Å².